The van der Waals surface area contributed by atoms with Gasteiger partial charge in [0.15, 0.2) is 0 Å². The molecule has 0 unspecified atom stereocenters. The molecule has 0 saturated carbocycles. The molecule has 0 saturated heterocycles. The number of aryl methyl sites for hydroxylation is 1. The Balaban J connectivity index is 2.64. The number of benzene rings is 3. The minimum atomic E-state index is 1.24. The normalized spacial score (nSPS) is 10.9. The fraction of sp³-hybridized carbons (Fsp3) is 0.125. The Morgan fingerprint density at radius 3 is 1.76 bits per heavy atom. The van der Waals surface area contributed by atoms with E-state index in [-0.39, 0.29) is 0 Å². The molecule has 0 radical (unpaired) electrons. The first-order valence-corrected chi connectivity index (χ1v) is 5.90. The minimum Gasteiger partial charge on any atom is -0.387 e. The van der Waals surface area contributed by atoms with E-state index < -0.39 is 0 Å². The molecule has 3 rings (SSSR count). The Bertz CT molecular complexity index is 698. The van der Waals surface area contributed by atoms with Gasteiger partial charge < -0.3 is 5.32 Å². The molecule has 3 aromatic carbocycles. The van der Waals surface area contributed by atoms with E-state index in [4.69, 9.17) is 0 Å². The Hall–Kier alpha value is -2.02. The van der Waals surface area contributed by atoms with E-state index in [1.807, 2.05) is 7.05 Å². The highest BCUT2D eigenvalue weighted by atomic mass is 14.8. The van der Waals surface area contributed by atoms with Crippen molar-refractivity contribution in [3.05, 3.63) is 54.1 Å². The second kappa shape index (κ2) is 3.77. The third-order valence-corrected chi connectivity index (χ3v) is 3.44. The Morgan fingerprint density at radius 2 is 1.18 bits per heavy atom. The molecular weight excluding hydrogens is 206 g/mol. The van der Waals surface area contributed by atoms with Gasteiger partial charge in [-0.2, -0.15) is 0 Å². The number of rotatable bonds is 1. The quantitative estimate of drug-likeness (QED) is 0.603. The van der Waals surface area contributed by atoms with E-state index in [1.165, 1.54) is 32.8 Å². The van der Waals surface area contributed by atoms with Crippen molar-refractivity contribution in [2.24, 2.45) is 0 Å². The summed E-state index contributed by atoms with van der Waals surface area (Å²) in [4.78, 5) is 0. The number of nitrogens with one attached hydrogen (secondary N) is 1. The largest absolute Gasteiger partial charge is 0.387 e. The van der Waals surface area contributed by atoms with Crippen LogP contribution >= 0.6 is 0 Å². The van der Waals surface area contributed by atoms with Crippen LogP contribution in [0.25, 0.3) is 21.5 Å². The monoisotopic (exact) mass is 221 g/mol. The Morgan fingerprint density at radius 1 is 0.706 bits per heavy atom. The van der Waals surface area contributed by atoms with Crippen LogP contribution in [0.4, 0.5) is 5.69 Å². The smallest absolute Gasteiger partial charge is 0.0453 e. The summed E-state index contributed by atoms with van der Waals surface area (Å²) in [6, 6.07) is 17.2. The van der Waals surface area contributed by atoms with E-state index in [1.54, 1.807) is 0 Å². The topological polar surface area (TPSA) is 12.0 Å². The predicted octanol–water partition coefficient (Wildman–Crippen LogP) is 4.34. The van der Waals surface area contributed by atoms with Gasteiger partial charge in [-0.05, 0) is 28.6 Å². The fourth-order valence-corrected chi connectivity index (χ4v) is 2.64. The van der Waals surface area contributed by atoms with E-state index in [9.17, 15) is 0 Å². The summed E-state index contributed by atoms with van der Waals surface area (Å²) in [6.07, 6.45) is 0. The van der Waals surface area contributed by atoms with Crippen LogP contribution in [0.5, 0.6) is 0 Å². The van der Waals surface area contributed by atoms with Crippen LogP contribution in [0, 0.1) is 6.92 Å². The average Bonchev–Trinajstić information content (AvgIpc) is 2.40. The first-order chi connectivity index (χ1) is 8.33. The molecule has 0 atom stereocenters. The molecule has 0 spiro atoms. The summed E-state index contributed by atoms with van der Waals surface area (Å²) < 4.78 is 0. The summed E-state index contributed by atoms with van der Waals surface area (Å²) in [7, 11) is 1.99. The molecule has 84 valence electrons. The molecule has 0 fully saturated rings. The van der Waals surface area contributed by atoms with Gasteiger partial charge in [-0.25, -0.2) is 0 Å². The van der Waals surface area contributed by atoms with Gasteiger partial charge >= 0.3 is 0 Å². The fourth-order valence-electron chi connectivity index (χ4n) is 2.64. The summed E-state index contributed by atoms with van der Waals surface area (Å²) in [5, 5.41) is 8.61. The molecule has 1 heteroatoms. The number of anilines is 1. The van der Waals surface area contributed by atoms with Crippen LogP contribution in [0.3, 0.4) is 0 Å². The zero-order valence-electron chi connectivity index (χ0n) is 10.1. The molecule has 0 amide bonds. The van der Waals surface area contributed by atoms with E-state index >= 15 is 0 Å². The van der Waals surface area contributed by atoms with Crippen LogP contribution in [0.1, 0.15) is 5.56 Å². The Labute approximate surface area is 101 Å². The lowest BCUT2D eigenvalue weighted by atomic mass is 9.96. The van der Waals surface area contributed by atoms with Crippen molar-refractivity contribution in [3.63, 3.8) is 0 Å². The number of hydrogen-bond donors (Lipinski definition) is 1. The molecular formula is C16H15N. The molecule has 17 heavy (non-hydrogen) atoms. The first-order valence-electron chi connectivity index (χ1n) is 5.90. The van der Waals surface area contributed by atoms with Crippen LogP contribution in [-0.4, -0.2) is 7.05 Å². The third-order valence-electron chi connectivity index (χ3n) is 3.44. The zero-order valence-corrected chi connectivity index (χ0v) is 10.1. The standard InChI is InChI=1S/C16H15N/c1-11-12-7-3-4-8-13(12)14-9-5-6-10-15(14)16(11)17-2/h3-10,17H,1-2H3. The molecule has 0 aliphatic heterocycles. The van der Waals surface area contributed by atoms with Crippen LogP contribution in [-0.2, 0) is 0 Å². The second-order valence-corrected chi connectivity index (χ2v) is 4.34. The number of fused-ring (bicyclic) bond motifs is 3. The SMILES string of the molecule is CNc1c(C)c2ccccc2c2ccccc12. The average molecular weight is 221 g/mol. The van der Waals surface area contributed by atoms with E-state index in [0.717, 1.165) is 0 Å². The maximum Gasteiger partial charge on any atom is 0.0453 e. The van der Waals surface area contributed by atoms with Crippen molar-refractivity contribution in [1.82, 2.24) is 0 Å². The molecule has 0 aliphatic carbocycles. The molecule has 0 heterocycles. The summed E-state index contributed by atoms with van der Waals surface area (Å²) >= 11 is 0. The van der Waals surface area contributed by atoms with E-state index in [0.29, 0.717) is 0 Å². The maximum atomic E-state index is 3.33. The zero-order chi connectivity index (χ0) is 11.8. The van der Waals surface area contributed by atoms with Crippen LogP contribution < -0.4 is 5.32 Å². The summed E-state index contributed by atoms with van der Waals surface area (Å²) in [5.41, 5.74) is 2.56. The van der Waals surface area contributed by atoms with Crippen LogP contribution in [0.15, 0.2) is 48.5 Å². The van der Waals surface area contributed by atoms with Crippen LogP contribution in [0.2, 0.25) is 0 Å². The number of hydrogen-bond acceptors (Lipinski definition) is 1. The molecule has 3 aromatic rings. The van der Waals surface area contributed by atoms with Gasteiger partial charge in [0.05, 0.1) is 0 Å². The highest BCUT2D eigenvalue weighted by molar-refractivity contribution is 6.14. The van der Waals surface area contributed by atoms with Gasteiger partial charge in [0.1, 0.15) is 0 Å². The van der Waals surface area contributed by atoms with Gasteiger partial charge in [-0.3, -0.25) is 0 Å². The second-order valence-electron chi connectivity index (χ2n) is 4.34. The third kappa shape index (κ3) is 1.39. The van der Waals surface area contributed by atoms with Crippen molar-refractivity contribution < 1.29 is 0 Å². The van der Waals surface area contributed by atoms with Crippen molar-refractivity contribution >= 4 is 27.2 Å². The molecule has 1 nitrogen and oxygen atoms in total. The van der Waals surface area contributed by atoms with Gasteiger partial charge in [0, 0.05) is 18.1 Å². The molecule has 1 N–H and O–H groups in total. The van der Waals surface area contributed by atoms with Crippen molar-refractivity contribution in [2.75, 3.05) is 12.4 Å². The van der Waals surface area contributed by atoms with Crippen molar-refractivity contribution in [3.8, 4) is 0 Å². The van der Waals surface area contributed by atoms with Gasteiger partial charge in [-0.1, -0.05) is 48.5 Å². The first kappa shape index (κ1) is 10.2. The lowest BCUT2D eigenvalue weighted by Crippen LogP contribution is -1.94. The summed E-state index contributed by atoms with van der Waals surface area (Å²) in [5.74, 6) is 0. The van der Waals surface area contributed by atoms with Gasteiger partial charge in [0.25, 0.3) is 0 Å². The lowest BCUT2D eigenvalue weighted by molar-refractivity contribution is 1.46. The highest BCUT2D eigenvalue weighted by Gasteiger charge is 2.08. The maximum absolute atomic E-state index is 3.33. The van der Waals surface area contributed by atoms with E-state index in [2.05, 4.69) is 60.8 Å². The molecule has 0 bridgehead atoms. The van der Waals surface area contributed by atoms with Crippen molar-refractivity contribution in [2.45, 2.75) is 6.92 Å². The van der Waals surface area contributed by atoms with Gasteiger partial charge in [0.2, 0.25) is 0 Å². The lowest BCUT2D eigenvalue weighted by Gasteiger charge is -2.14. The Kier molecular flexibility index (Phi) is 2.25. The predicted molar refractivity (Wildman–Crippen MR) is 75.7 cm³/mol. The molecule has 0 aromatic heterocycles. The minimum absolute atomic E-state index is 1.24. The van der Waals surface area contributed by atoms with Crippen molar-refractivity contribution in [1.29, 1.82) is 0 Å². The molecule has 0 aliphatic rings. The summed E-state index contributed by atoms with van der Waals surface area (Å²) in [6.45, 7) is 2.18. The highest BCUT2D eigenvalue weighted by Crippen LogP contribution is 2.35. The van der Waals surface area contributed by atoms with Gasteiger partial charge in [-0.15, -0.1) is 0 Å².